The third-order valence-corrected chi connectivity index (χ3v) is 3.18. The quantitative estimate of drug-likeness (QED) is 0.780. The highest BCUT2D eigenvalue weighted by Crippen LogP contribution is 2.29. The molecule has 3 rings (SSSR count). The first-order chi connectivity index (χ1) is 7.92. The van der Waals surface area contributed by atoms with Crippen LogP contribution in [0.25, 0.3) is 0 Å². The Bertz CT molecular complexity index is 338. The number of hydrogen-bond donors (Lipinski definition) is 0. The van der Waals surface area contributed by atoms with Crippen LogP contribution in [0.15, 0.2) is 30.3 Å². The summed E-state index contributed by atoms with van der Waals surface area (Å²) >= 11 is 0. The number of hydrogen-bond acceptors (Lipinski definition) is 3. The molecule has 3 nitrogen and oxygen atoms in total. The van der Waals surface area contributed by atoms with E-state index in [4.69, 9.17) is 14.2 Å². The molecule has 0 N–H and O–H groups in total. The van der Waals surface area contributed by atoms with Crippen LogP contribution in [0, 0.1) is 0 Å². The minimum absolute atomic E-state index is 0.0292. The zero-order valence-electron chi connectivity index (χ0n) is 9.17. The molecule has 16 heavy (non-hydrogen) atoms. The van der Waals surface area contributed by atoms with Gasteiger partial charge in [-0.3, -0.25) is 0 Å². The van der Waals surface area contributed by atoms with Gasteiger partial charge in [0.2, 0.25) is 0 Å². The highest BCUT2D eigenvalue weighted by atomic mass is 16.7. The molecule has 0 unspecified atom stereocenters. The summed E-state index contributed by atoms with van der Waals surface area (Å²) in [6.45, 7) is 1.35. The van der Waals surface area contributed by atoms with Crippen LogP contribution < -0.4 is 0 Å². The second-order valence-electron chi connectivity index (χ2n) is 4.35. The lowest BCUT2D eigenvalue weighted by molar-refractivity contribution is -0.138. The van der Waals surface area contributed by atoms with Crippen molar-refractivity contribution in [3.05, 3.63) is 35.9 Å². The Morgan fingerprint density at radius 2 is 2.06 bits per heavy atom. The van der Waals surface area contributed by atoms with Crippen LogP contribution >= 0.6 is 0 Å². The molecule has 86 valence electrons. The monoisotopic (exact) mass is 220 g/mol. The lowest BCUT2D eigenvalue weighted by Gasteiger charge is -2.27. The van der Waals surface area contributed by atoms with Gasteiger partial charge in [0, 0.05) is 6.42 Å². The molecule has 2 fully saturated rings. The molecule has 0 aliphatic carbocycles. The summed E-state index contributed by atoms with van der Waals surface area (Å²) in [5.41, 5.74) is 1.21. The van der Waals surface area contributed by atoms with E-state index < -0.39 is 0 Å². The van der Waals surface area contributed by atoms with Crippen LogP contribution in [0.2, 0.25) is 0 Å². The van der Waals surface area contributed by atoms with E-state index in [1.165, 1.54) is 5.56 Å². The molecular weight excluding hydrogens is 204 g/mol. The molecule has 0 aromatic heterocycles. The maximum absolute atomic E-state index is 5.89. The van der Waals surface area contributed by atoms with Gasteiger partial charge in [-0.2, -0.15) is 0 Å². The fourth-order valence-electron chi connectivity index (χ4n) is 2.28. The van der Waals surface area contributed by atoms with Crippen LogP contribution in [-0.2, 0) is 20.8 Å². The fourth-order valence-corrected chi connectivity index (χ4v) is 2.28. The molecule has 2 aliphatic rings. The minimum Gasteiger partial charge on any atom is -0.371 e. The van der Waals surface area contributed by atoms with Gasteiger partial charge in [-0.25, -0.2) is 0 Å². The van der Waals surface area contributed by atoms with Gasteiger partial charge in [0.25, 0.3) is 0 Å². The zero-order chi connectivity index (χ0) is 10.8. The van der Waals surface area contributed by atoms with Gasteiger partial charge < -0.3 is 14.2 Å². The summed E-state index contributed by atoms with van der Waals surface area (Å²) in [5.74, 6) is 0. The van der Waals surface area contributed by atoms with Gasteiger partial charge in [0.05, 0.1) is 19.3 Å². The molecule has 2 saturated heterocycles. The second-order valence-corrected chi connectivity index (χ2v) is 4.35. The van der Waals surface area contributed by atoms with Gasteiger partial charge >= 0.3 is 0 Å². The van der Waals surface area contributed by atoms with E-state index in [0.29, 0.717) is 13.2 Å². The Morgan fingerprint density at radius 3 is 2.94 bits per heavy atom. The third kappa shape index (κ3) is 2.12. The van der Waals surface area contributed by atoms with Gasteiger partial charge in [0.1, 0.15) is 6.10 Å². The first-order valence-corrected chi connectivity index (χ1v) is 5.84. The van der Waals surface area contributed by atoms with Crippen molar-refractivity contribution in [2.45, 2.75) is 37.9 Å². The number of rotatable bonds is 3. The van der Waals surface area contributed by atoms with Crippen LogP contribution in [0.3, 0.4) is 0 Å². The van der Waals surface area contributed by atoms with Crippen LogP contribution in [0.1, 0.15) is 18.4 Å². The molecule has 0 spiro atoms. The molecule has 2 bridgehead atoms. The topological polar surface area (TPSA) is 27.7 Å². The summed E-state index contributed by atoms with van der Waals surface area (Å²) in [6.07, 6.45) is 2.36. The van der Waals surface area contributed by atoms with E-state index in [0.717, 1.165) is 12.8 Å². The standard InChI is InChI=1S/C13H16O3/c1-2-4-10(5-3-1)8-14-11-6-7-13-15-9-12(11)16-13/h1-5,11-13H,6-9H2/t11-,12-,13+/m0/s1. The molecular formula is C13H16O3. The average Bonchev–Trinajstić information content (AvgIpc) is 2.72. The van der Waals surface area contributed by atoms with E-state index in [-0.39, 0.29) is 18.5 Å². The molecule has 0 amide bonds. The van der Waals surface area contributed by atoms with Crippen molar-refractivity contribution >= 4 is 0 Å². The first-order valence-electron chi connectivity index (χ1n) is 5.84. The molecule has 1 aromatic carbocycles. The van der Waals surface area contributed by atoms with Crippen LogP contribution in [0.5, 0.6) is 0 Å². The Balaban J connectivity index is 1.55. The Hall–Kier alpha value is -0.900. The van der Waals surface area contributed by atoms with Crippen molar-refractivity contribution in [1.29, 1.82) is 0 Å². The molecule has 2 aliphatic heterocycles. The van der Waals surface area contributed by atoms with Gasteiger partial charge in [-0.15, -0.1) is 0 Å². The Kier molecular flexibility index (Phi) is 2.91. The van der Waals surface area contributed by atoms with Crippen molar-refractivity contribution < 1.29 is 14.2 Å². The van der Waals surface area contributed by atoms with E-state index in [2.05, 4.69) is 12.1 Å². The fraction of sp³-hybridized carbons (Fsp3) is 0.538. The molecule has 3 heteroatoms. The van der Waals surface area contributed by atoms with E-state index in [1.54, 1.807) is 0 Å². The van der Waals surface area contributed by atoms with Crippen LogP contribution in [-0.4, -0.2) is 25.1 Å². The van der Waals surface area contributed by atoms with Crippen molar-refractivity contribution in [3.8, 4) is 0 Å². The minimum atomic E-state index is 0.0292. The Labute approximate surface area is 95.3 Å². The molecule has 3 atom stereocenters. The summed E-state index contributed by atoms with van der Waals surface area (Å²) in [4.78, 5) is 0. The van der Waals surface area contributed by atoms with Crippen molar-refractivity contribution in [1.82, 2.24) is 0 Å². The van der Waals surface area contributed by atoms with E-state index >= 15 is 0 Å². The average molecular weight is 220 g/mol. The number of ether oxygens (including phenoxy) is 3. The summed E-state index contributed by atoms with van der Waals surface area (Å²) in [6, 6.07) is 10.2. The van der Waals surface area contributed by atoms with Gasteiger partial charge in [-0.1, -0.05) is 30.3 Å². The maximum atomic E-state index is 5.89. The first kappa shape index (κ1) is 10.3. The predicted octanol–water partition coefficient (Wildman–Crippen LogP) is 2.11. The number of benzene rings is 1. The lowest BCUT2D eigenvalue weighted by Crippen LogP contribution is -2.35. The molecule has 2 heterocycles. The van der Waals surface area contributed by atoms with Crippen LogP contribution in [0.4, 0.5) is 0 Å². The summed E-state index contributed by atoms with van der Waals surface area (Å²) in [7, 11) is 0. The number of fused-ring (bicyclic) bond motifs is 2. The smallest absolute Gasteiger partial charge is 0.158 e. The third-order valence-electron chi connectivity index (χ3n) is 3.18. The second kappa shape index (κ2) is 4.53. The highest BCUT2D eigenvalue weighted by Gasteiger charge is 2.38. The molecule has 0 saturated carbocycles. The SMILES string of the molecule is c1ccc(CO[C@H]2CC[C@@H]3OC[C@@H]2O3)cc1. The van der Waals surface area contributed by atoms with Gasteiger partial charge in [-0.05, 0) is 12.0 Å². The van der Waals surface area contributed by atoms with Gasteiger partial charge in [0.15, 0.2) is 6.29 Å². The molecule has 0 radical (unpaired) electrons. The highest BCUT2D eigenvalue weighted by molar-refractivity contribution is 5.13. The maximum Gasteiger partial charge on any atom is 0.158 e. The lowest BCUT2D eigenvalue weighted by atomic mass is 10.1. The van der Waals surface area contributed by atoms with Crippen molar-refractivity contribution in [2.75, 3.05) is 6.61 Å². The van der Waals surface area contributed by atoms with Crippen molar-refractivity contribution in [2.24, 2.45) is 0 Å². The molecule has 1 aromatic rings. The van der Waals surface area contributed by atoms with Crippen molar-refractivity contribution in [3.63, 3.8) is 0 Å². The van der Waals surface area contributed by atoms with E-state index in [1.807, 2.05) is 18.2 Å². The predicted molar refractivity (Wildman–Crippen MR) is 58.9 cm³/mol. The summed E-state index contributed by atoms with van der Waals surface area (Å²) in [5, 5.41) is 0. The largest absolute Gasteiger partial charge is 0.371 e. The Morgan fingerprint density at radius 1 is 1.19 bits per heavy atom. The normalized spacial score (nSPS) is 32.9. The van der Waals surface area contributed by atoms with E-state index in [9.17, 15) is 0 Å². The summed E-state index contributed by atoms with van der Waals surface area (Å²) < 4.78 is 17.0. The zero-order valence-corrected chi connectivity index (χ0v) is 9.17.